The zero-order valence-electron chi connectivity index (χ0n) is 15.8. The van der Waals surface area contributed by atoms with E-state index in [0.717, 1.165) is 27.5 Å². The Hall–Kier alpha value is -1.97. The molecule has 0 aromatic carbocycles. The lowest BCUT2D eigenvalue weighted by Crippen LogP contribution is -2.22. The molecule has 0 saturated carbocycles. The van der Waals surface area contributed by atoms with Crippen LogP contribution in [0, 0.1) is 5.92 Å². The van der Waals surface area contributed by atoms with Crippen molar-refractivity contribution < 1.29 is 4.52 Å². The number of rotatable bonds is 7. The molecular formula is C19H20N4O2S3. The highest BCUT2D eigenvalue weighted by Gasteiger charge is 2.18. The molecule has 146 valence electrons. The molecule has 0 aliphatic rings. The number of fused-ring (bicyclic) bond motifs is 1. The second-order valence-corrected chi connectivity index (χ2v) is 9.49. The van der Waals surface area contributed by atoms with Crippen LogP contribution < -0.4 is 5.56 Å². The van der Waals surface area contributed by atoms with Gasteiger partial charge in [0.15, 0.2) is 11.0 Å². The van der Waals surface area contributed by atoms with E-state index in [1.165, 1.54) is 23.1 Å². The van der Waals surface area contributed by atoms with Crippen LogP contribution in [0.2, 0.25) is 0 Å². The Labute approximate surface area is 174 Å². The predicted molar refractivity (Wildman–Crippen MR) is 115 cm³/mol. The van der Waals surface area contributed by atoms with E-state index >= 15 is 0 Å². The molecule has 6 nitrogen and oxygen atoms in total. The van der Waals surface area contributed by atoms with Crippen LogP contribution in [0.4, 0.5) is 0 Å². The van der Waals surface area contributed by atoms with Crippen LogP contribution in [-0.2, 0) is 18.7 Å². The van der Waals surface area contributed by atoms with Crippen molar-refractivity contribution in [3.8, 4) is 10.4 Å². The molecule has 0 aliphatic carbocycles. The van der Waals surface area contributed by atoms with Gasteiger partial charge >= 0.3 is 0 Å². The van der Waals surface area contributed by atoms with Gasteiger partial charge in [-0.05, 0) is 24.3 Å². The van der Waals surface area contributed by atoms with Gasteiger partial charge in [0.05, 0.1) is 11.1 Å². The van der Waals surface area contributed by atoms with Crippen LogP contribution in [0.25, 0.3) is 20.7 Å². The number of hydrogen-bond acceptors (Lipinski definition) is 8. The van der Waals surface area contributed by atoms with Crippen LogP contribution >= 0.6 is 34.4 Å². The molecule has 28 heavy (non-hydrogen) atoms. The summed E-state index contributed by atoms with van der Waals surface area (Å²) in [5, 5.41) is 9.46. The van der Waals surface area contributed by atoms with E-state index in [1.807, 2.05) is 29.8 Å². The molecule has 4 aromatic rings. The van der Waals surface area contributed by atoms with Crippen molar-refractivity contribution in [2.45, 2.75) is 44.6 Å². The summed E-state index contributed by atoms with van der Waals surface area (Å²) in [7, 11) is 0. The summed E-state index contributed by atoms with van der Waals surface area (Å²) in [5.74, 6) is 2.25. The van der Waals surface area contributed by atoms with Gasteiger partial charge in [0, 0.05) is 28.8 Å². The highest BCUT2D eigenvalue weighted by molar-refractivity contribution is 7.98. The van der Waals surface area contributed by atoms with Gasteiger partial charge in [-0.1, -0.05) is 36.8 Å². The van der Waals surface area contributed by atoms with Gasteiger partial charge in [-0.3, -0.25) is 9.36 Å². The fraction of sp³-hybridized carbons (Fsp3) is 0.368. The molecule has 0 spiro atoms. The molecule has 0 N–H and O–H groups in total. The molecule has 0 fully saturated rings. The highest BCUT2D eigenvalue weighted by atomic mass is 32.2. The predicted octanol–water partition coefficient (Wildman–Crippen LogP) is 5.08. The maximum atomic E-state index is 13.2. The standard InChI is InChI=1S/C19H20N4O2S3/c1-4-23-18(24)16-12(13-6-5-7-26-13)9-27-17(16)21-19(23)28-10-15-20-14(22-25-15)8-11(2)3/h5-7,9,11H,4,8,10H2,1-3H3. The molecule has 9 heteroatoms. The minimum Gasteiger partial charge on any atom is -0.338 e. The Balaban J connectivity index is 1.64. The first kappa shape index (κ1) is 19.4. The van der Waals surface area contributed by atoms with Gasteiger partial charge in [-0.25, -0.2) is 4.98 Å². The SMILES string of the molecule is CCn1c(SCc2nc(CC(C)C)no2)nc2scc(-c3cccs3)c2c1=O. The van der Waals surface area contributed by atoms with Crippen LogP contribution in [-0.4, -0.2) is 19.7 Å². The third-order valence-corrected chi connectivity index (χ3v) is 6.92. The van der Waals surface area contributed by atoms with E-state index in [1.54, 1.807) is 15.9 Å². The largest absolute Gasteiger partial charge is 0.338 e. The first-order valence-corrected chi connectivity index (χ1v) is 11.8. The molecule has 0 amide bonds. The molecule has 0 bridgehead atoms. The first-order valence-electron chi connectivity index (χ1n) is 9.07. The Morgan fingerprint density at radius 3 is 2.86 bits per heavy atom. The summed E-state index contributed by atoms with van der Waals surface area (Å²) in [6.07, 6.45) is 0.790. The summed E-state index contributed by atoms with van der Waals surface area (Å²) in [4.78, 5) is 24.2. The van der Waals surface area contributed by atoms with Gasteiger partial charge in [0.1, 0.15) is 4.83 Å². The number of thioether (sulfide) groups is 1. The quantitative estimate of drug-likeness (QED) is 0.299. The van der Waals surface area contributed by atoms with E-state index in [4.69, 9.17) is 9.51 Å². The Morgan fingerprint density at radius 2 is 2.14 bits per heavy atom. The average Bonchev–Trinajstić information content (AvgIpc) is 3.40. The lowest BCUT2D eigenvalue weighted by molar-refractivity contribution is 0.382. The van der Waals surface area contributed by atoms with Crippen molar-refractivity contribution in [2.75, 3.05) is 0 Å². The zero-order chi connectivity index (χ0) is 19.7. The number of hydrogen-bond donors (Lipinski definition) is 0. The second-order valence-electron chi connectivity index (χ2n) is 6.74. The second kappa shape index (κ2) is 8.18. The molecular weight excluding hydrogens is 412 g/mol. The smallest absolute Gasteiger partial charge is 0.263 e. The van der Waals surface area contributed by atoms with Crippen LogP contribution in [0.5, 0.6) is 0 Å². The highest BCUT2D eigenvalue weighted by Crippen LogP contribution is 2.34. The zero-order valence-corrected chi connectivity index (χ0v) is 18.3. The van der Waals surface area contributed by atoms with E-state index in [-0.39, 0.29) is 5.56 Å². The summed E-state index contributed by atoms with van der Waals surface area (Å²) in [6.45, 7) is 6.76. The van der Waals surface area contributed by atoms with Gasteiger partial charge in [-0.2, -0.15) is 4.98 Å². The number of aromatic nitrogens is 4. The topological polar surface area (TPSA) is 73.8 Å². The third kappa shape index (κ3) is 3.78. The van der Waals surface area contributed by atoms with Crippen molar-refractivity contribution in [2.24, 2.45) is 5.92 Å². The molecule has 0 unspecified atom stereocenters. The van der Waals surface area contributed by atoms with E-state index < -0.39 is 0 Å². The normalized spacial score (nSPS) is 11.7. The summed E-state index contributed by atoms with van der Waals surface area (Å²) < 4.78 is 7.06. The maximum absolute atomic E-state index is 13.2. The summed E-state index contributed by atoms with van der Waals surface area (Å²) in [5.41, 5.74) is 0.979. The summed E-state index contributed by atoms with van der Waals surface area (Å²) >= 11 is 4.60. The van der Waals surface area contributed by atoms with Crippen LogP contribution in [0.15, 0.2) is 37.4 Å². The fourth-order valence-corrected chi connectivity index (χ4v) is 5.63. The summed E-state index contributed by atoms with van der Waals surface area (Å²) in [6, 6.07) is 4.03. The first-order chi connectivity index (χ1) is 13.6. The van der Waals surface area contributed by atoms with Crippen LogP contribution in [0.1, 0.15) is 32.5 Å². The fourth-order valence-electron chi connectivity index (χ4n) is 2.93. The molecule has 0 saturated heterocycles. The third-order valence-electron chi connectivity index (χ3n) is 4.19. The van der Waals surface area contributed by atoms with Gasteiger partial charge < -0.3 is 4.52 Å². The van der Waals surface area contributed by atoms with Crippen molar-refractivity contribution in [3.05, 3.63) is 45.0 Å². The molecule has 0 radical (unpaired) electrons. The van der Waals surface area contributed by atoms with E-state index in [0.29, 0.717) is 34.6 Å². The number of thiophene rings is 2. The monoisotopic (exact) mass is 432 g/mol. The Kier molecular flexibility index (Phi) is 5.65. The maximum Gasteiger partial charge on any atom is 0.263 e. The minimum absolute atomic E-state index is 0.00526. The molecule has 4 aromatic heterocycles. The molecule has 4 heterocycles. The molecule has 0 aliphatic heterocycles. The Morgan fingerprint density at radius 1 is 1.29 bits per heavy atom. The lowest BCUT2D eigenvalue weighted by atomic mass is 10.1. The van der Waals surface area contributed by atoms with Crippen molar-refractivity contribution >= 4 is 44.7 Å². The minimum atomic E-state index is 0.00526. The van der Waals surface area contributed by atoms with E-state index in [2.05, 4.69) is 24.0 Å². The molecule has 0 atom stereocenters. The van der Waals surface area contributed by atoms with Crippen molar-refractivity contribution in [1.29, 1.82) is 0 Å². The van der Waals surface area contributed by atoms with Gasteiger partial charge in [-0.15, -0.1) is 22.7 Å². The molecule has 4 rings (SSSR count). The Bertz CT molecular complexity index is 1140. The number of nitrogens with zero attached hydrogens (tertiary/aromatic N) is 4. The van der Waals surface area contributed by atoms with Gasteiger partial charge in [0.2, 0.25) is 5.89 Å². The lowest BCUT2D eigenvalue weighted by Gasteiger charge is -2.09. The van der Waals surface area contributed by atoms with E-state index in [9.17, 15) is 4.79 Å². The van der Waals surface area contributed by atoms with Crippen molar-refractivity contribution in [3.63, 3.8) is 0 Å². The average molecular weight is 433 g/mol. The van der Waals surface area contributed by atoms with Crippen molar-refractivity contribution in [1.82, 2.24) is 19.7 Å². The van der Waals surface area contributed by atoms with Crippen LogP contribution in [0.3, 0.4) is 0 Å². The van der Waals surface area contributed by atoms with Gasteiger partial charge in [0.25, 0.3) is 5.56 Å².